The molecule has 0 aromatic heterocycles. The van der Waals surface area contributed by atoms with Crippen molar-refractivity contribution < 1.29 is 21.8 Å². The molecule has 1 saturated carbocycles. The van der Waals surface area contributed by atoms with Crippen molar-refractivity contribution in [1.29, 1.82) is 0 Å². The van der Waals surface area contributed by atoms with E-state index >= 15 is 0 Å². The Morgan fingerprint density at radius 1 is 0.871 bits per heavy atom. The average Bonchev–Trinajstić information content (AvgIpc) is 2.78. The van der Waals surface area contributed by atoms with Crippen LogP contribution in [0.3, 0.4) is 0 Å². The minimum absolute atomic E-state index is 0.0475. The Labute approximate surface area is 182 Å². The van der Waals surface area contributed by atoms with Gasteiger partial charge in [-0.2, -0.15) is 0 Å². The molecule has 7 nitrogen and oxygen atoms in total. The Morgan fingerprint density at radius 3 is 1.74 bits per heavy atom. The summed E-state index contributed by atoms with van der Waals surface area (Å²) < 4.78 is 51.5. The van der Waals surface area contributed by atoms with Crippen molar-refractivity contribution in [3.8, 4) is 0 Å². The smallest absolute Gasteiger partial charge is 0.244 e. The van der Waals surface area contributed by atoms with Crippen LogP contribution in [-0.2, 0) is 19.7 Å². The van der Waals surface area contributed by atoms with Gasteiger partial charge in [-0.15, -0.1) is 0 Å². The first-order valence-corrected chi connectivity index (χ1v) is 13.2. The van der Waals surface area contributed by atoms with Gasteiger partial charge in [-0.25, -0.2) is 16.8 Å². The molecule has 0 bridgehead atoms. The van der Waals surface area contributed by atoms with Crippen molar-refractivity contribution >= 4 is 19.7 Å². The van der Waals surface area contributed by atoms with E-state index in [0.717, 1.165) is 32.1 Å². The molecule has 31 heavy (non-hydrogen) atoms. The van der Waals surface area contributed by atoms with E-state index in [1.54, 1.807) is 12.1 Å². The summed E-state index contributed by atoms with van der Waals surface area (Å²) in [5.41, 5.74) is -0.365. The fraction of sp³-hybridized carbons (Fsp3) is 0.364. The van der Waals surface area contributed by atoms with Crippen LogP contribution in [0.2, 0.25) is 0 Å². The molecule has 0 unspecified atom stereocenters. The van der Waals surface area contributed by atoms with E-state index < -0.39 is 35.6 Å². The van der Waals surface area contributed by atoms with Crippen LogP contribution in [0.1, 0.15) is 38.5 Å². The molecule has 0 spiro atoms. The van der Waals surface area contributed by atoms with Crippen molar-refractivity contribution in [3.63, 3.8) is 0 Å². The molecular formula is C22H25NO6S2. The van der Waals surface area contributed by atoms with Gasteiger partial charge in [0, 0.05) is 0 Å². The van der Waals surface area contributed by atoms with Gasteiger partial charge in [-0.1, -0.05) is 55.7 Å². The Kier molecular flexibility index (Phi) is 7.27. The highest BCUT2D eigenvalue weighted by atomic mass is 32.3. The number of nitro groups is 1. The molecule has 3 rings (SSSR count). The van der Waals surface area contributed by atoms with E-state index in [1.807, 2.05) is 0 Å². The highest BCUT2D eigenvalue weighted by Crippen LogP contribution is 2.32. The zero-order chi connectivity index (χ0) is 22.5. The molecule has 2 aromatic carbocycles. The predicted octanol–water partition coefficient (Wildman–Crippen LogP) is 4.39. The first-order valence-electron chi connectivity index (χ1n) is 10.2. The second kappa shape index (κ2) is 9.74. The van der Waals surface area contributed by atoms with Gasteiger partial charge >= 0.3 is 0 Å². The van der Waals surface area contributed by atoms with Crippen molar-refractivity contribution in [3.05, 3.63) is 82.6 Å². The van der Waals surface area contributed by atoms with Crippen molar-refractivity contribution in [2.24, 2.45) is 5.92 Å². The summed E-state index contributed by atoms with van der Waals surface area (Å²) in [5.74, 6) is -0.0475. The van der Waals surface area contributed by atoms with Gasteiger partial charge < -0.3 is 0 Å². The van der Waals surface area contributed by atoms with Crippen molar-refractivity contribution in [1.82, 2.24) is 0 Å². The van der Waals surface area contributed by atoms with E-state index in [4.69, 9.17) is 0 Å². The zero-order valence-corrected chi connectivity index (χ0v) is 18.6. The van der Waals surface area contributed by atoms with Gasteiger partial charge in [0.25, 0.3) is 0 Å². The molecule has 0 atom stereocenters. The molecule has 0 radical (unpaired) electrons. The predicted molar refractivity (Wildman–Crippen MR) is 117 cm³/mol. The van der Waals surface area contributed by atoms with Gasteiger partial charge in [0.05, 0.1) is 21.1 Å². The number of hydrogen-bond donors (Lipinski definition) is 0. The van der Waals surface area contributed by atoms with Gasteiger partial charge in [-0.3, -0.25) is 10.1 Å². The molecule has 1 aliphatic carbocycles. The molecule has 0 heterocycles. The minimum atomic E-state index is -4.41. The maximum absolute atomic E-state index is 13.4. The quantitative estimate of drug-likeness (QED) is 0.424. The number of rotatable bonds is 8. The summed E-state index contributed by atoms with van der Waals surface area (Å²) in [4.78, 5) is 10.8. The lowest BCUT2D eigenvalue weighted by atomic mass is 9.88. The summed E-state index contributed by atoms with van der Waals surface area (Å²) in [7, 11) is -8.82. The Hall–Kier alpha value is -2.52. The van der Waals surface area contributed by atoms with Crippen LogP contribution in [0, 0.1) is 16.0 Å². The number of benzene rings is 2. The van der Waals surface area contributed by atoms with Gasteiger partial charge in [0.15, 0.2) is 24.3 Å². The molecule has 0 saturated heterocycles. The Morgan fingerprint density at radius 2 is 1.32 bits per heavy atom. The molecular weight excluding hydrogens is 438 g/mol. The largest absolute Gasteiger partial charge is 0.259 e. The zero-order valence-electron chi connectivity index (χ0n) is 17.0. The lowest BCUT2D eigenvalue weighted by molar-refractivity contribution is -0.428. The van der Waals surface area contributed by atoms with Crippen molar-refractivity contribution in [2.45, 2.75) is 52.9 Å². The molecule has 1 fully saturated rings. The lowest BCUT2D eigenvalue weighted by Crippen LogP contribution is -2.32. The molecule has 0 amide bonds. The van der Waals surface area contributed by atoms with Crippen LogP contribution in [0.15, 0.2) is 82.2 Å². The van der Waals surface area contributed by atoms with Crippen LogP contribution in [0.25, 0.3) is 0 Å². The van der Waals surface area contributed by atoms with Crippen LogP contribution >= 0.6 is 0 Å². The standard InChI is InChI=1S/C22H25NO6S2/c24-23(25)19(16-18-10-4-1-5-11-18)17-22(30(26,27)20-12-6-2-7-13-20)31(28,29)21-14-8-3-9-15-21/h2-3,6-9,12-16,18,22H,1,4-5,10-11,17H2/b19-16+. The van der Waals surface area contributed by atoms with Crippen LogP contribution in [-0.4, -0.2) is 26.3 Å². The summed E-state index contributed by atoms with van der Waals surface area (Å²) >= 11 is 0. The maximum Gasteiger partial charge on any atom is 0.244 e. The van der Waals surface area contributed by atoms with Gasteiger partial charge in [0.2, 0.25) is 5.70 Å². The average molecular weight is 464 g/mol. The topological polar surface area (TPSA) is 111 Å². The fourth-order valence-corrected chi connectivity index (χ4v) is 8.32. The number of sulfone groups is 2. The molecule has 2 aromatic rings. The third kappa shape index (κ3) is 5.40. The molecule has 166 valence electrons. The number of nitrogens with zero attached hydrogens (tertiary/aromatic N) is 1. The number of hydrogen-bond acceptors (Lipinski definition) is 6. The third-order valence-corrected chi connectivity index (χ3v) is 10.6. The van der Waals surface area contributed by atoms with E-state index in [2.05, 4.69) is 0 Å². The minimum Gasteiger partial charge on any atom is -0.259 e. The van der Waals surface area contributed by atoms with Gasteiger partial charge in [-0.05, 0) is 49.1 Å². The second-order valence-corrected chi connectivity index (χ2v) is 12.2. The van der Waals surface area contributed by atoms with Crippen molar-refractivity contribution in [2.75, 3.05) is 0 Å². The van der Waals surface area contributed by atoms with Crippen LogP contribution < -0.4 is 0 Å². The van der Waals surface area contributed by atoms with E-state index in [1.165, 1.54) is 54.6 Å². The first-order chi connectivity index (χ1) is 14.7. The first kappa shape index (κ1) is 23.1. The van der Waals surface area contributed by atoms with Crippen LogP contribution in [0.5, 0.6) is 0 Å². The molecule has 9 heteroatoms. The Bertz CT molecular complexity index is 1070. The Balaban J connectivity index is 2.09. The van der Waals surface area contributed by atoms with Gasteiger partial charge in [0.1, 0.15) is 0 Å². The summed E-state index contributed by atoms with van der Waals surface area (Å²) in [6.07, 6.45) is 5.26. The highest BCUT2D eigenvalue weighted by molar-refractivity contribution is 8.09. The summed E-state index contributed by atoms with van der Waals surface area (Å²) in [6, 6.07) is 14.4. The monoisotopic (exact) mass is 463 g/mol. The van der Waals surface area contributed by atoms with E-state index in [-0.39, 0.29) is 21.4 Å². The fourth-order valence-electron chi connectivity index (χ4n) is 3.86. The second-order valence-electron chi connectivity index (χ2n) is 7.66. The molecule has 0 N–H and O–H groups in total. The summed E-state index contributed by atoms with van der Waals surface area (Å²) in [5, 5.41) is 11.8. The normalized spacial score (nSPS) is 16.4. The van der Waals surface area contributed by atoms with E-state index in [0.29, 0.717) is 0 Å². The molecule has 0 aliphatic heterocycles. The van der Waals surface area contributed by atoms with Crippen LogP contribution in [0.4, 0.5) is 0 Å². The summed E-state index contributed by atoms with van der Waals surface area (Å²) in [6.45, 7) is 0. The van der Waals surface area contributed by atoms with E-state index in [9.17, 15) is 26.9 Å². The SMILES string of the molecule is O=[N+]([O-])/C(=C/C1CCCCC1)CC(S(=O)(=O)c1ccccc1)S(=O)(=O)c1ccccc1. The molecule has 1 aliphatic rings. The lowest BCUT2D eigenvalue weighted by Gasteiger charge is -2.20. The highest BCUT2D eigenvalue weighted by Gasteiger charge is 2.42. The number of allylic oxidation sites excluding steroid dienone is 2. The maximum atomic E-state index is 13.4. The third-order valence-electron chi connectivity index (χ3n) is 5.52.